The van der Waals surface area contributed by atoms with E-state index in [1.807, 2.05) is 54.6 Å². The van der Waals surface area contributed by atoms with E-state index in [0.717, 1.165) is 22.0 Å². The van der Waals surface area contributed by atoms with E-state index in [9.17, 15) is 33.6 Å². The molecule has 63 heavy (non-hydrogen) atoms. The molecule has 2 aromatic carbocycles. The van der Waals surface area contributed by atoms with Gasteiger partial charge in [-0.3, -0.25) is 38.6 Å². The molecule has 0 radical (unpaired) electrons. The summed E-state index contributed by atoms with van der Waals surface area (Å²) in [4.78, 5) is 106. The molecule has 340 valence electrons. The predicted molar refractivity (Wildman–Crippen MR) is 237 cm³/mol. The van der Waals surface area contributed by atoms with Crippen LogP contribution in [0.4, 0.5) is 0 Å². The van der Waals surface area contributed by atoms with Gasteiger partial charge in [0, 0.05) is 56.5 Å². The Bertz CT molecular complexity index is 2090. The van der Waals surface area contributed by atoms with Crippen LogP contribution in [0, 0.1) is 0 Å². The number of nitrogens with zero attached hydrogens (tertiary/aromatic N) is 2. The molecule has 19 heteroatoms. The maximum Gasteiger partial charge on any atom is 0.245 e. The number of aromatic amines is 1. The Morgan fingerprint density at radius 2 is 1.51 bits per heavy atom. The van der Waals surface area contributed by atoms with Crippen LogP contribution >= 0.6 is 0 Å². The van der Waals surface area contributed by atoms with Crippen molar-refractivity contribution in [3.8, 4) is 0 Å². The first-order chi connectivity index (χ1) is 30.3. The fourth-order valence-electron chi connectivity index (χ4n) is 8.05. The van der Waals surface area contributed by atoms with Gasteiger partial charge >= 0.3 is 0 Å². The molecule has 3 heterocycles. The number of rotatable bonds is 15. The van der Waals surface area contributed by atoms with E-state index in [2.05, 4.69) is 41.9 Å². The number of H-pyrrole nitrogens is 1. The highest BCUT2D eigenvalue weighted by atomic mass is 16.2. The van der Waals surface area contributed by atoms with Gasteiger partial charge in [0.25, 0.3) is 0 Å². The quantitative estimate of drug-likeness (QED) is 0.0530. The van der Waals surface area contributed by atoms with Crippen molar-refractivity contribution in [1.29, 1.82) is 0 Å². The van der Waals surface area contributed by atoms with Crippen molar-refractivity contribution < 1.29 is 33.6 Å². The van der Waals surface area contributed by atoms with Crippen molar-refractivity contribution in [3.63, 3.8) is 0 Å². The standard InChI is InChI=1S/C44H62N12O7/c1-27(57)51-35(24-28-12-3-2-4-13-28)40(60)54-34-18-10-21-48-38(58)32(17-9-22-49-44(46)47)52-41(61)36(25-29-26-50-31-15-6-5-14-30(29)31)55-39(59)33(16-7-8-20-45)53-42(62)37-19-11-23-56(37)43(34)63/h2-6,12-15,26,32-37,50H,7-11,16-25,45H2,1H3,(H,48,58)(H,51,57)(H,52,61)(H,53,62)(H,54,60)(H,55,59)(H4,46,47,49)/t32?,33-,34+,35+,36?,37?/m1/s1. The number of aromatic nitrogens is 1. The minimum atomic E-state index is -1.17. The lowest BCUT2D eigenvalue weighted by Crippen LogP contribution is -2.60. The minimum Gasteiger partial charge on any atom is -0.370 e. The van der Waals surface area contributed by atoms with Crippen LogP contribution in [0.15, 0.2) is 65.8 Å². The van der Waals surface area contributed by atoms with Crippen LogP contribution in [0.1, 0.15) is 75.8 Å². The van der Waals surface area contributed by atoms with Crippen molar-refractivity contribution in [2.75, 3.05) is 26.2 Å². The van der Waals surface area contributed by atoms with Crippen molar-refractivity contribution >= 4 is 58.2 Å². The number of carbonyl (C=O) groups is 7. The highest BCUT2D eigenvalue weighted by Crippen LogP contribution is 2.22. The molecule has 2 fully saturated rings. The van der Waals surface area contributed by atoms with E-state index in [1.165, 1.54) is 11.8 Å². The molecule has 2 aliphatic heterocycles. The van der Waals surface area contributed by atoms with Gasteiger partial charge in [-0.05, 0) is 81.5 Å². The molecule has 19 nitrogen and oxygen atoms in total. The maximum absolute atomic E-state index is 14.5. The first-order valence-corrected chi connectivity index (χ1v) is 21.8. The topological polar surface area (TPSA) is 301 Å². The first kappa shape index (κ1) is 47.5. The monoisotopic (exact) mass is 870 g/mol. The van der Waals surface area contributed by atoms with Crippen LogP contribution in [0.5, 0.6) is 0 Å². The minimum absolute atomic E-state index is 0.0551. The van der Waals surface area contributed by atoms with Crippen LogP contribution in [-0.4, -0.2) is 120 Å². The largest absolute Gasteiger partial charge is 0.370 e. The highest BCUT2D eigenvalue weighted by Gasteiger charge is 2.40. The Morgan fingerprint density at radius 1 is 0.825 bits per heavy atom. The summed E-state index contributed by atoms with van der Waals surface area (Å²) >= 11 is 0. The zero-order chi connectivity index (χ0) is 45.3. The number of nitrogens with two attached hydrogens (primary N) is 3. The second-order valence-corrected chi connectivity index (χ2v) is 16.1. The van der Waals surface area contributed by atoms with E-state index in [-0.39, 0.29) is 64.1 Å². The van der Waals surface area contributed by atoms with Crippen molar-refractivity contribution in [3.05, 3.63) is 71.9 Å². The molecular formula is C44H62N12O7. The first-order valence-electron chi connectivity index (χ1n) is 21.8. The fourth-order valence-corrected chi connectivity index (χ4v) is 8.05. The van der Waals surface area contributed by atoms with E-state index in [0.29, 0.717) is 38.6 Å². The van der Waals surface area contributed by atoms with Gasteiger partial charge in [-0.2, -0.15) is 0 Å². The van der Waals surface area contributed by atoms with Gasteiger partial charge in [0.15, 0.2) is 5.96 Å². The lowest BCUT2D eigenvalue weighted by molar-refractivity contribution is -0.142. The van der Waals surface area contributed by atoms with Crippen LogP contribution in [0.2, 0.25) is 0 Å². The molecule has 3 aromatic rings. The molecule has 7 amide bonds. The SMILES string of the molecule is CC(=O)N[C@@H](Cc1ccccc1)C(=O)N[C@H]1CCCNC(=O)C(CCCN=C(N)N)NC(=O)C(Cc2c[nH]c3ccccc23)NC(=O)[C@@H](CCCCN)NC(=O)C2CCCN2C1=O. The Morgan fingerprint density at radius 3 is 2.25 bits per heavy atom. The smallest absolute Gasteiger partial charge is 0.245 e. The van der Waals surface area contributed by atoms with E-state index in [4.69, 9.17) is 17.2 Å². The van der Waals surface area contributed by atoms with Crippen molar-refractivity contribution in [2.45, 2.75) is 114 Å². The average Bonchev–Trinajstić information content (AvgIpc) is 3.92. The number of benzene rings is 2. The number of hydrogen-bond acceptors (Lipinski definition) is 9. The summed E-state index contributed by atoms with van der Waals surface area (Å²) in [5.74, 6) is -3.98. The molecule has 0 aliphatic carbocycles. The molecule has 0 saturated carbocycles. The van der Waals surface area contributed by atoms with Crippen LogP contribution < -0.4 is 49.1 Å². The molecule has 0 spiro atoms. The Kier molecular flexibility index (Phi) is 17.8. The van der Waals surface area contributed by atoms with Crippen molar-refractivity contribution in [1.82, 2.24) is 41.8 Å². The second-order valence-electron chi connectivity index (χ2n) is 16.1. The molecule has 3 unspecified atom stereocenters. The Balaban J connectivity index is 1.46. The van der Waals surface area contributed by atoms with Gasteiger partial charge in [-0.15, -0.1) is 0 Å². The van der Waals surface area contributed by atoms with Gasteiger partial charge < -0.3 is 59.0 Å². The maximum atomic E-state index is 14.5. The van der Waals surface area contributed by atoms with Crippen LogP contribution in [0.25, 0.3) is 10.9 Å². The van der Waals surface area contributed by atoms with Gasteiger partial charge in [0.05, 0.1) is 0 Å². The third kappa shape index (κ3) is 14.0. The third-order valence-electron chi connectivity index (χ3n) is 11.3. The number of aliphatic imine (C=N–C) groups is 1. The molecule has 1 aromatic heterocycles. The zero-order valence-electron chi connectivity index (χ0n) is 35.8. The Hall–Kier alpha value is -6.50. The fraction of sp³-hybridized carbons (Fsp3) is 0.500. The van der Waals surface area contributed by atoms with Gasteiger partial charge in [-0.25, -0.2) is 0 Å². The van der Waals surface area contributed by atoms with Crippen LogP contribution in [-0.2, 0) is 46.4 Å². The van der Waals surface area contributed by atoms with Crippen LogP contribution in [0.3, 0.4) is 0 Å². The normalized spacial score (nSPS) is 22.0. The van der Waals surface area contributed by atoms with Gasteiger partial charge in [-0.1, -0.05) is 48.5 Å². The number of amides is 7. The van der Waals surface area contributed by atoms with Crippen molar-refractivity contribution in [2.24, 2.45) is 22.2 Å². The summed E-state index contributed by atoms with van der Waals surface area (Å²) in [6.45, 7) is 2.12. The second kappa shape index (κ2) is 23.6. The molecule has 13 N–H and O–H groups in total. The number of carbonyl (C=O) groups excluding carboxylic acids is 7. The third-order valence-corrected chi connectivity index (χ3v) is 11.3. The zero-order valence-corrected chi connectivity index (χ0v) is 35.8. The molecule has 0 bridgehead atoms. The lowest BCUT2D eigenvalue weighted by Gasteiger charge is -2.31. The molecule has 5 rings (SSSR count). The molecular weight excluding hydrogens is 809 g/mol. The summed E-state index contributed by atoms with van der Waals surface area (Å²) in [6.07, 6.45) is 4.75. The molecule has 2 aliphatic rings. The predicted octanol–water partition coefficient (Wildman–Crippen LogP) is -0.519. The van der Waals surface area contributed by atoms with Gasteiger partial charge in [0.1, 0.15) is 36.3 Å². The summed E-state index contributed by atoms with van der Waals surface area (Å²) in [7, 11) is 0. The van der Waals surface area contributed by atoms with E-state index < -0.39 is 77.6 Å². The van der Waals surface area contributed by atoms with E-state index >= 15 is 0 Å². The summed E-state index contributed by atoms with van der Waals surface area (Å²) in [5.41, 5.74) is 19.2. The summed E-state index contributed by atoms with van der Waals surface area (Å²) < 4.78 is 0. The Labute approximate surface area is 366 Å². The number of nitrogens with one attached hydrogen (secondary N) is 7. The highest BCUT2D eigenvalue weighted by molar-refractivity contribution is 5.98. The number of para-hydroxylation sites is 1. The number of hydrogen-bond donors (Lipinski definition) is 10. The lowest BCUT2D eigenvalue weighted by atomic mass is 10.0. The number of fused-ring (bicyclic) bond motifs is 2. The summed E-state index contributed by atoms with van der Waals surface area (Å²) in [6, 6.07) is 10.2. The van der Waals surface area contributed by atoms with E-state index in [1.54, 1.807) is 6.20 Å². The summed E-state index contributed by atoms with van der Waals surface area (Å²) in [5, 5.41) is 17.8. The number of unbranched alkanes of at least 4 members (excludes halogenated alkanes) is 1. The number of guanidine groups is 1. The molecule has 2 saturated heterocycles. The average molecular weight is 871 g/mol. The molecule has 6 atom stereocenters. The van der Waals surface area contributed by atoms with Gasteiger partial charge in [0.2, 0.25) is 41.4 Å².